The predicted molar refractivity (Wildman–Crippen MR) is 68.9 cm³/mol. The maximum atomic E-state index is 12.0. The normalized spacial score (nSPS) is 25.2. The average molecular weight is 239 g/mol. The molecule has 1 amide bonds. The van der Waals surface area contributed by atoms with Crippen LogP contribution in [0.4, 0.5) is 0 Å². The molecule has 0 aromatic carbocycles. The topological polar surface area (TPSA) is 35.6 Å². The molecule has 1 N–H and O–H groups in total. The molecule has 98 valence electrons. The van der Waals surface area contributed by atoms with Crippen LogP contribution in [0.5, 0.6) is 0 Å². The molecule has 0 aliphatic carbocycles. The number of rotatable bonds is 3. The summed E-state index contributed by atoms with van der Waals surface area (Å²) in [5, 5.41) is 3.27. The van der Waals surface area contributed by atoms with Gasteiger partial charge in [0, 0.05) is 45.7 Å². The summed E-state index contributed by atoms with van der Waals surface area (Å²) in [6.07, 6.45) is 1.95. The minimum Gasteiger partial charge on any atom is -0.340 e. The minimum absolute atomic E-state index is 0.330. The molecule has 4 heteroatoms. The van der Waals surface area contributed by atoms with E-state index in [9.17, 15) is 4.79 Å². The molecule has 0 unspecified atom stereocenters. The van der Waals surface area contributed by atoms with E-state index in [1.54, 1.807) is 0 Å². The number of carbonyl (C=O) groups excluding carboxylic acids is 1. The second-order valence-electron chi connectivity index (χ2n) is 6.07. The van der Waals surface area contributed by atoms with Gasteiger partial charge in [-0.15, -0.1) is 0 Å². The van der Waals surface area contributed by atoms with Crippen molar-refractivity contribution in [3.05, 3.63) is 0 Å². The molecule has 2 heterocycles. The second kappa shape index (κ2) is 5.36. The summed E-state index contributed by atoms with van der Waals surface area (Å²) in [5.74, 6) is 0.330. The first kappa shape index (κ1) is 12.8. The zero-order valence-electron chi connectivity index (χ0n) is 11.2. The fourth-order valence-electron chi connectivity index (χ4n) is 2.74. The van der Waals surface area contributed by atoms with E-state index >= 15 is 0 Å². The van der Waals surface area contributed by atoms with Crippen LogP contribution in [-0.2, 0) is 4.79 Å². The van der Waals surface area contributed by atoms with Crippen LogP contribution in [0, 0.1) is 5.41 Å². The highest BCUT2D eigenvalue weighted by Crippen LogP contribution is 2.28. The van der Waals surface area contributed by atoms with E-state index in [0.29, 0.717) is 17.7 Å². The van der Waals surface area contributed by atoms with Crippen molar-refractivity contribution in [2.24, 2.45) is 5.41 Å². The predicted octanol–water partition coefficient (Wildman–Crippen LogP) is 0.540. The number of amides is 1. The lowest BCUT2D eigenvalue weighted by atomic mass is 9.93. The molecule has 0 aromatic heterocycles. The number of nitrogens with zero attached hydrogens (tertiary/aromatic N) is 2. The van der Waals surface area contributed by atoms with E-state index in [1.165, 1.54) is 6.42 Å². The lowest BCUT2D eigenvalue weighted by Gasteiger charge is -2.28. The summed E-state index contributed by atoms with van der Waals surface area (Å²) in [5.41, 5.74) is 0.443. The Kier molecular flexibility index (Phi) is 4.05. The highest BCUT2D eigenvalue weighted by atomic mass is 16.2. The van der Waals surface area contributed by atoms with Crippen molar-refractivity contribution in [3.63, 3.8) is 0 Å². The van der Waals surface area contributed by atoms with Crippen LogP contribution in [0.3, 0.4) is 0 Å². The molecule has 0 radical (unpaired) electrons. The van der Waals surface area contributed by atoms with Crippen molar-refractivity contribution in [2.45, 2.75) is 26.7 Å². The van der Waals surface area contributed by atoms with Crippen molar-refractivity contribution in [1.82, 2.24) is 15.1 Å². The van der Waals surface area contributed by atoms with Gasteiger partial charge in [-0.25, -0.2) is 0 Å². The van der Waals surface area contributed by atoms with Crippen LogP contribution < -0.4 is 5.32 Å². The summed E-state index contributed by atoms with van der Waals surface area (Å²) >= 11 is 0. The summed E-state index contributed by atoms with van der Waals surface area (Å²) in [6.45, 7) is 11.5. The number of carbonyl (C=O) groups is 1. The summed E-state index contributed by atoms with van der Waals surface area (Å²) in [7, 11) is 0. The van der Waals surface area contributed by atoms with Gasteiger partial charge in [0.25, 0.3) is 0 Å². The third-order valence-electron chi connectivity index (χ3n) is 3.87. The smallest absolute Gasteiger partial charge is 0.223 e. The lowest BCUT2D eigenvalue weighted by Crippen LogP contribution is -2.47. The maximum Gasteiger partial charge on any atom is 0.223 e. The first-order chi connectivity index (χ1) is 8.07. The number of nitrogens with one attached hydrogen (secondary N) is 1. The summed E-state index contributed by atoms with van der Waals surface area (Å²) in [4.78, 5) is 16.4. The number of hydrogen-bond donors (Lipinski definition) is 1. The van der Waals surface area contributed by atoms with Crippen molar-refractivity contribution in [1.29, 1.82) is 0 Å². The molecule has 2 fully saturated rings. The number of hydrogen-bond acceptors (Lipinski definition) is 3. The third kappa shape index (κ3) is 3.68. The molecule has 2 rings (SSSR count). The van der Waals surface area contributed by atoms with Crippen LogP contribution in [0.15, 0.2) is 0 Å². The van der Waals surface area contributed by atoms with E-state index in [0.717, 1.165) is 45.8 Å². The zero-order valence-corrected chi connectivity index (χ0v) is 11.2. The van der Waals surface area contributed by atoms with Gasteiger partial charge >= 0.3 is 0 Å². The monoisotopic (exact) mass is 239 g/mol. The van der Waals surface area contributed by atoms with E-state index < -0.39 is 0 Å². The maximum absolute atomic E-state index is 12.0. The Balaban J connectivity index is 1.69. The molecule has 4 nitrogen and oxygen atoms in total. The summed E-state index contributed by atoms with van der Waals surface area (Å²) < 4.78 is 0. The quantitative estimate of drug-likeness (QED) is 0.781. The molecule has 0 bridgehead atoms. The SMILES string of the molecule is CC1(C)CCN(CCC(=O)N2CCNCC2)C1. The van der Waals surface area contributed by atoms with Crippen molar-refractivity contribution in [2.75, 3.05) is 45.8 Å². The van der Waals surface area contributed by atoms with Gasteiger partial charge in [0.05, 0.1) is 0 Å². The second-order valence-corrected chi connectivity index (χ2v) is 6.07. The number of piperazine rings is 1. The molecule has 0 aromatic rings. The molecular weight excluding hydrogens is 214 g/mol. The van der Waals surface area contributed by atoms with Gasteiger partial charge in [0.15, 0.2) is 0 Å². The van der Waals surface area contributed by atoms with Gasteiger partial charge in [0.2, 0.25) is 5.91 Å². The highest BCUT2D eigenvalue weighted by Gasteiger charge is 2.29. The molecule has 17 heavy (non-hydrogen) atoms. The Morgan fingerprint density at radius 1 is 1.24 bits per heavy atom. The van der Waals surface area contributed by atoms with E-state index in [-0.39, 0.29) is 0 Å². The van der Waals surface area contributed by atoms with E-state index in [2.05, 4.69) is 24.1 Å². The Labute approximate surface area is 104 Å². The molecule has 2 aliphatic heterocycles. The number of likely N-dealkylation sites (tertiary alicyclic amines) is 1. The first-order valence-electron chi connectivity index (χ1n) is 6.78. The molecular formula is C13H25N3O. The average Bonchev–Trinajstić information content (AvgIpc) is 2.67. The molecule has 2 saturated heterocycles. The molecule has 0 saturated carbocycles. The van der Waals surface area contributed by atoms with E-state index in [4.69, 9.17) is 0 Å². The molecule has 0 atom stereocenters. The van der Waals surface area contributed by atoms with Crippen LogP contribution in [0.25, 0.3) is 0 Å². The van der Waals surface area contributed by atoms with Gasteiger partial charge in [-0.05, 0) is 18.4 Å². The van der Waals surface area contributed by atoms with Gasteiger partial charge in [-0.1, -0.05) is 13.8 Å². The van der Waals surface area contributed by atoms with E-state index in [1.807, 2.05) is 4.90 Å². The fourth-order valence-corrected chi connectivity index (χ4v) is 2.74. The van der Waals surface area contributed by atoms with Crippen molar-refractivity contribution >= 4 is 5.91 Å². The van der Waals surface area contributed by atoms with Gasteiger partial charge in [-0.2, -0.15) is 0 Å². The molecule has 2 aliphatic rings. The first-order valence-corrected chi connectivity index (χ1v) is 6.78. The van der Waals surface area contributed by atoms with Crippen LogP contribution in [0.1, 0.15) is 26.7 Å². The zero-order chi connectivity index (χ0) is 12.3. The van der Waals surface area contributed by atoms with Crippen LogP contribution in [0.2, 0.25) is 0 Å². The minimum atomic E-state index is 0.330. The Hall–Kier alpha value is -0.610. The van der Waals surface area contributed by atoms with Crippen molar-refractivity contribution < 1.29 is 4.79 Å². The van der Waals surface area contributed by atoms with Gasteiger partial charge in [0.1, 0.15) is 0 Å². The fraction of sp³-hybridized carbons (Fsp3) is 0.923. The third-order valence-corrected chi connectivity index (χ3v) is 3.87. The molecule has 0 spiro atoms. The van der Waals surface area contributed by atoms with Gasteiger partial charge < -0.3 is 15.1 Å². The Morgan fingerprint density at radius 3 is 2.53 bits per heavy atom. The summed E-state index contributed by atoms with van der Waals surface area (Å²) in [6, 6.07) is 0. The van der Waals surface area contributed by atoms with Gasteiger partial charge in [-0.3, -0.25) is 4.79 Å². The van der Waals surface area contributed by atoms with Crippen LogP contribution in [-0.4, -0.2) is 61.5 Å². The largest absolute Gasteiger partial charge is 0.340 e. The Bertz CT molecular complexity index is 272. The lowest BCUT2D eigenvalue weighted by molar-refractivity contribution is -0.132. The van der Waals surface area contributed by atoms with Crippen molar-refractivity contribution in [3.8, 4) is 0 Å². The van der Waals surface area contributed by atoms with Crippen LogP contribution >= 0.6 is 0 Å². The Morgan fingerprint density at radius 2 is 1.94 bits per heavy atom. The standard InChI is InChI=1S/C13H25N3O/c1-13(2)4-8-15(11-13)7-3-12(17)16-9-5-14-6-10-16/h14H,3-11H2,1-2H3. The highest BCUT2D eigenvalue weighted by molar-refractivity contribution is 5.76.